The lowest BCUT2D eigenvalue weighted by molar-refractivity contribution is 0.298. The lowest BCUT2D eigenvalue weighted by atomic mass is 10.3. The molecule has 0 fully saturated rings. The van der Waals surface area contributed by atoms with Crippen LogP contribution in [0.3, 0.4) is 0 Å². The fourth-order valence-electron chi connectivity index (χ4n) is 1.15. The van der Waals surface area contributed by atoms with Gasteiger partial charge in [0.1, 0.15) is 18.4 Å². The summed E-state index contributed by atoms with van der Waals surface area (Å²) in [6, 6.07) is 7.21. The summed E-state index contributed by atoms with van der Waals surface area (Å²) in [4.78, 5) is 3.89. The Morgan fingerprint density at radius 3 is 3.00 bits per heavy atom. The van der Waals surface area contributed by atoms with E-state index in [-0.39, 0.29) is 6.61 Å². The van der Waals surface area contributed by atoms with E-state index in [4.69, 9.17) is 10.00 Å². The average molecular weight is 212 g/mol. The summed E-state index contributed by atoms with van der Waals surface area (Å²) >= 11 is 0. The number of rotatable bonds is 3. The number of ether oxygens (including phenoxy) is 1. The highest BCUT2D eigenvalue weighted by Gasteiger charge is 2.03. The van der Waals surface area contributed by atoms with E-state index in [1.54, 1.807) is 30.6 Å². The number of nitriles is 1. The fraction of sp³-hybridized carbons (Fsp3) is 0.0909. The highest BCUT2D eigenvalue weighted by atomic mass is 16.5. The summed E-state index contributed by atoms with van der Waals surface area (Å²) in [5.74, 6) is 0.454. The van der Waals surface area contributed by atoms with Crippen molar-refractivity contribution in [3.05, 3.63) is 48.0 Å². The summed E-state index contributed by atoms with van der Waals surface area (Å²) < 4.78 is 5.43. The Hall–Kier alpha value is -2.48. The molecule has 0 spiro atoms. The van der Waals surface area contributed by atoms with Crippen molar-refractivity contribution in [3.63, 3.8) is 0 Å². The maximum Gasteiger partial charge on any atom is 0.155 e. The molecule has 0 saturated heterocycles. The van der Waals surface area contributed by atoms with Gasteiger partial charge in [0.15, 0.2) is 5.75 Å². The predicted molar refractivity (Wildman–Crippen MR) is 55.3 cm³/mol. The van der Waals surface area contributed by atoms with Crippen molar-refractivity contribution in [2.24, 2.45) is 0 Å². The maximum absolute atomic E-state index is 8.83. The van der Waals surface area contributed by atoms with E-state index in [9.17, 15) is 0 Å². The fourth-order valence-corrected chi connectivity index (χ4v) is 1.15. The molecule has 2 aromatic rings. The van der Waals surface area contributed by atoms with Crippen LogP contribution in [0.1, 0.15) is 11.3 Å². The van der Waals surface area contributed by atoms with E-state index in [2.05, 4.69) is 15.2 Å². The van der Waals surface area contributed by atoms with Crippen molar-refractivity contribution < 1.29 is 4.74 Å². The molecule has 0 N–H and O–H groups in total. The summed E-state index contributed by atoms with van der Waals surface area (Å²) in [5.41, 5.74) is 1.16. The molecule has 16 heavy (non-hydrogen) atoms. The standard InChI is InChI=1S/C11H8N4O/c12-6-9-3-5-13-7-11(9)16-8-10-2-1-4-14-15-10/h1-5,7H,8H2. The van der Waals surface area contributed by atoms with E-state index in [1.807, 2.05) is 6.07 Å². The molecule has 0 aliphatic carbocycles. The van der Waals surface area contributed by atoms with E-state index >= 15 is 0 Å². The maximum atomic E-state index is 8.83. The molecule has 78 valence electrons. The van der Waals surface area contributed by atoms with Gasteiger partial charge in [-0.1, -0.05) is 0 Å². The molecular weight excluding hydrogens is 204 g/mol. The largest absolute Gasteiger partial charge is 0.484 e. The Bertz CT molecular complexity index is 507. The molecule has 2 rings (SSSR count). The molecule has 2 heterocycles. The predicted octanol–water partition coefficient (Wildman–Crippen LogP) is 1.32. The van der Waals surface area contributed by atoms with Crippen LogP contribution in [-0.2, 0) is 6.61 Å². The zero-order valence-electron chi connectivity index (χ0n) is 8.37. The van der Waals surface area contributed by atoms with Crippen molar-refractivity contribution in [1.82, 2.24) is 15.2 Å². The minimum absolute atomic E-state index is 0.272. The molecule has 0 aliphatic heterocycles. The average Bonchev–Trinajstić information content (AvgIpc) is 2.38. The first kappa shape index (κ1) is 10.1. The van der Waals surface area contributed by atoms with Crippen LogP contribution in [0.25, 0.3) is 0 Å². The van der Waals surface area contributed by atoms with Gasteiger partial charge in [0, 0.05) is 12.4 Å². The van der Waals surface area contributed by atoms with Crippen LogP contribution < -0.4 is 4.74 Å². The minimum atomic E-state index is 0.272. The molecule has 0 radical (unpaired) electrons. The van der Waals surface area contributed by atoms with Crippen LogP contribution in [0.4, 0.5) is 0 Å². The third kappa shape index (κ3) is 2.30. The van der Waals surface area contributed by atoms with Gasteiger partial charge in [0.25, 0.3) is 0 Å². The highest BCUT2D eigenvalue weighted by molar-refractivity contribution is 5.40. The van der Waals surface area contributed by atoms with Crippen molar-refractivity contribution in [2.75, 3.05) is 0 Å². The summed E-state index contributed by atoms with van der Waals surface area (Å²) in [6.45, 7) is 0.272. The minimum Gasteiger partial charge on any atom is -0.484 e. The van der Waals surface area contributed by atoms with Gasteiger partial charge in [0.05, 0.1) is 11.8 Å². The zero-order chi connectivity index (χ0) is 11.2. The second-order valence-corrected chi connectivity index (χ2v) is 2.99. The Morgan fingerprint density at radius 1 is 1.31 bits per heavy atom. The van der Waals surface area contributed by atoms with Gasteiger partial charge in [-0.2, -0.15) is 15.5 Å². The highest BCUT2D eigenvalue weighted by Crippen LogP contribution is 2.15. The number of hydrogen-bond donors (Lipinski definition) is 0. The second kappa shape index (κ2) is 4.84. The molecule has 0 aliphatic rings. The van der Waals surface area contributed by atoms with Crippen molar-refractivity contribution in [1.29, 1.82) is 5.26 Å². The van der Waals surface area contributed by atoms with Crippen LogP contribution >= 0.6 is 0 Å². The number of aromatic nitrogens is 3. The van der Waals surface area contributed by atoms with Crippen LogP contribution in [0, 0.1) is 11.3 Å². The Labute approximate surface area is 92.4 Å². The quantitative estimate of drug-likeness (QED) is 0.767. The monoisotopic (exact) mass is 212 g/mol. The van der Waals surface area contributed by atoms with Crippen molar-refractivity contribution >= 4 is 0 Å². The van der Waals surface area contributed by atoms with Gasteiger partial charge >= 0.3 is 0 Å². The van der Waals surface area contributed by atoms with Gasteiger partial charge in [-0.15, -0.1) is 0 Å². The SMILES string of the molecule is N#Cc1ccncc1OCc1cccnn1. The molecular formula is C11H8N4O. The Balaban J connectivity index is 2.09. The Morgan fingerprint density at radius 2 is 2.25 bits per heavy atom. The van der Waals surface area contributed by atoms with Gasteiger partial charge < -0.3 is 4.74 Å². The number of hydrogen-bond acceptors (Lipinski definition) is 5. The topological polar surface area (TPSA) is 71.7 Å². The van der Waals surface area contributed by atoms with Crippen LogP contribution in [0.5, 0.6) is 5.75 Å². The first-order valence-electron chi connectivity index (χ1n) is 4.63. The van der Waals surface area contributed by atoms with E-state index in [0.717, 1.165) is 0 Å². The van der Waals surface area contributed by atoms with Gasteiger partial charge in [-0.3, -0.25) is 4.98 Å². The molecule has 0 saturated carbocycles. The molecule has 0 aromatic carbocycles. The number of pyridine rings is 1. The third-order valence-electron chi connectivity index (χ3n) is 1.91. The number of nitrogens with zero attached hydrogens (tertiary/aromatic N) is 4. The third-order valence-corrected chi connectivity index (χ3v) is 1.91. The van der Waals surface area contributed by atoms with Crippen molar-refractivity contribution in [3.8, 4) is 11.8 Å². The van der Waals surface area contributed by atoms with Crippen molar-refractivity contribution in [2.45, 2.75) is 6.61 Å². The summed E-state index contributed by atoms with van der Waals surface area (Å²) in [7, 11) is 0. The molecule has 5 nitrogen and oxygen atoms in total. The second-order valence-electron chi connectivity index (χ2n) is 2.99. The molecule has 0 amide bonds. The van der Waals surface area contributed by atoms with Gasteiger partial charge in [-0.25, -0.2) is 0 Å². The summed E-state index contributed by atoms with van der Waals surface area (Å²) in [6.07, 6.45) is 4.65. The lowest BCUT2D eigenvalue weighted by Crippen LogP contribution is -2.00. The van der Waals surface area contributed by atoms with E-state index in [0.29, 0.717) is 17.0 Å². The van der Waals surface area contributed by atoms with E-state index in [1.165, 1.54) is 6.20 Å². The summed E-state index contributed by atoms with van der Waals surface area (Å²) in [5, 5.41) is 16.4. The van der Waals surface area contributed by atoms with Crippen LogP contribution in [-0.4, -0.2) is 15.2 Å². The normalized spacial score (nSPS) is 9.44. The first-order chi connectivity index (χ1) is 7.90. The molecule has 2 aromatic heterocycles. The molecule has 5 heteroatoms. The first-order valence-corrected chi connectivity index (χ1v) is 4.63. The molecule has 0 bridgehead atoms. The lowest BCUT2D eigenvalue weighted by Gasteiger charge is -2.05. The Kier molecular flexibility index (Phi) is 3.04. The van der Waals surface area contributed by atoms with E-state index < -0.39 is 0 Å². The molecule has 0 atom stereocenters. The van der Waals surface area contributed by atoms with Crippen LogP contribution in [0.2, 0.25) is 0 Å². The molecule has 0 unspecified atom stereocenters. The smallest absolute Gasteiger partial charge is 0.155 e. The van der Waals surface area contributed by atoms with Gasteiger partial charge in [0.2, 0.25) is 0 Å². The van der Waals surface area contributed by atoms with Gasteiger partial charge in [-0.05, 0) is 18.2 Å². The van der Waals surface area contributed by atoms with Crippen LogP contribution in [0.15, 0.2) is 36.8 Å². The zero-order valence-corrected chi connectivity index (χ0v) is 8.37.